The Labute approximate surface area is 225 Å². The van der Waals surface area contributed by atoms with Crippen molar-refractivity contribution in [1.29, 1.82) is 0 Å². The van der Waals surface area contributed by atoms with Crippen molar-refractivity contribution in [1.82, 2.24) is 0 Å². The van der Waals surface area contributed by atoms with Gasteiger partial charge in [0.2, 0.25) is 0 Å². The molecule has 0 unspecified atom stereocenters. The van der Waals surface area contributed by atoms with E-state index in [9.17, 15) is 27.5 Å². The van der Waals surface area contributed by atoms with Crippen molar-refractivity contribution >= 4 is 23.1 Å². The average molecular weight is 552 g/mol. The van der Waals surface area contributed by atoms with Crippen LogP contribution >= 0.6 is 0 Å². The number of ether oxygens (including phenoxy) is 2. The second-order valence-electron chi connectivity index (χ2n) is 10.3. The lowest BCUT2D eigenvalue weighted by Crippen LogP contribution is -2.39. The molecular weight excluding hydrogens is 518 g/mol. The molecule has 212 valence electrons. The lowest BCUT2D eigenvalue weighted by Gasteiger charge is -2.34. The first kappa shape index (κ1) is 28.5. The van der Waals surface area contributed by atoms with Crippen molar-refractivity contribution in [3.63, 3.8) is 0 Å². The number of piperidine rings is 1. The Morgan fingerprint density at radius 3 is 2.31 bits per heavy atom. The molecule has 0 amide bonds. The Hall–Kier alpha value is -3.50. The van der Waals surface area contributed by atoms with Gasteiger partial charge in [-0.25, -0.2) is 4.39 Å². The van der Waals surface area contributed by atoms with Crippen LogP contribution in [-0.2, 0) is 4.79 Å². The summed E-state index contributed by atoms with van der Waals surface area (Å²) >= 11 is 0. The SMILES string of the molecule is COc1ccc(F)c(N2CCC(Oc3ccc(N4N=C(C(F)(F)F)[C@@H](CC(C)C)[C@@H]4CC(=O)O)cc3)CC2)c1. The van der Waals surface area contributed by atoms with Gasteiger partial charge >= 0.3 is 12.1 Å². The van der Waals surface area contributed by atoms with Crippen molar-refractivity contribution in [2.45, 2.75) is 57.9 Å². The first-order valence-corrected chi connectivity index (χ1v) is 13.0. The molecule has 4 rings (SSSR count). The number of carboxylic acid groups (broad SMARTS) is 1. The van der Waals surface area contributed by atoms with Crippen LogP contribution in [0, 0.1) is 17.7 Å². The second-order valence-corrected chi connectivity index (χ2v) is 10.3. The van der Waals surface area contributed by atoms with Gasteiger partial charge in [0.15, 0.2) is 0 Å². The number of aliphatic carboxylic acids is 1. The van der Waals surface area contributed by atoms with Crippen LogP contribution in [0.3, 0.4) is 0 Å². The first-order valence-electron chi connectivity index (χ1n) is 13.0. The van der Waals surface area contributed by atoms with Gasteiger partial charge in [0.1, 0.15) is 29.1 Å². The Morgan fingerprint density at radius 2 is 1.74 bits per heavy atom. The number of nitrogens with zero attached hydrogens (tertiary/aromatic N) is 3. The summed E-state index contributed by atoms with van der Waals surface area (Å²) in [4.78, 5) is 13.5. The molecule has 1 fully saturated rings. The molecule has 11 heteroatoms. The maximum Gasteiger partial charge on any atom is 0.431 e. The van der Waals surface area contributed by atoms with Crippen LogP contribution in [0.15, 0.2) is 47.6 Å². The van der Waals surface area contributed by atoms with Gasteiger partial charge in [-0.3, -0.25) is 9.80 Å². The van der Waals surface area contributed by atoms with E-state index in [4.69, 9.17) is 9.47 Å². The maximum absolute atomic E-state index is 14.3. The van der Waals surface area contributed by atoms with Gasteiger partial charge in [0, 0.05) is 37.9 Å². The molecule has 0 aromatic heterocycles. The number of hydrogen-bond donors (Lipinski definition) is 1. The number of carboxylic acids is 1. The molecule has 1 N–H and O–H groups in total. The summed E-state index contributed by atoms with van der Waals surface area (Å²) in [5.41, 5.74) is -0.0971. The van der Waals surface area contributed by atoms with Crippen molar-refractivity contribution in [2.75, 3.05) is 30.1 Å². The summed E-state index contributed by atoms with van der Waals surface area (Å²) in [6, 6.07) is 10.2. The highest BCUT2D eigenvalue weighted by Gasteiger charge is 2.50. The summed E-state index contributed by atoms with van der Waals surface area (Å²) in [6.45, 7) is 4.78. The van der Waals surface area contributed by atoms with Crippen LogP contribution in [0.2, 0.25) is 0 Å². The summed E-state index contributed by atoms with van der Waals surface area (Å²) in [6.07, 6.45) is -3.76. The van der Waals surface area contributed by atoms with Crippen LogP contribution in [0.25, 0.3) is 0 Å². The average Bonchev–Trinajstić information content (AvgIpc) is 3.22. The molecule has 0 saturated carbocycles. The predicted molar refractivity (Wildman–Crippen MR) is 140 cm³/mol. The Bertz CT molecular complexity index is 1180. The summed E-state index contributed by atoms with van der Waals surface area (Å²) in [5.74, 6) is -1.50. The molecule has 2 aromatic rings. The smallest absolute Gasteiger partial charge is 0.431 e. The number of alkyl halides is 3. The molecule has 2 heterocycles. The van der Waals surface area contributed by atoms with E-state index < -0.39 is 36.2 Å². The minimum absolute atomic E-state index is 0.0681. The highest BCUT2D eigenvalue weighted by molar-refractivity contribution is 5.96. The first-order chi connectivity index (χ1) is 18.5. The fraction of sp³-hybridized carbons (Fsp3) is 0.500. The summed E-state index contributed by atoms with van der Waals surface area (Å²) in [5, 5.41) is 14.5. The minimum Gasteiger partial charge on any atom is -0.497 e. The zero-order valence-corrected chi connectivity index (χ0v) is 22.1. The third-order valence-corrected chi connectivity index (χ3v) is 7.08. The fourth-order valence-electron chi connectivity index (χ4n) is 5.26. The number of anilines is 2. The van der Waals surface area contributed by atoms with Crippen molar-refractivity contribution in [3.05, 3.63) is 48.3 Å². The van der Waals surface area contributed by atoms with E-state index in [1.165, 1.54) is 18.2 Å². The van der Waals surface area contributed by atoms with E-state index in [-0.39, 0.29) is 24.3 Å². The lowest BCUT2D eigenvalue weighted by atomic mass is 9.85. The molecule has 0 radical (unpaired) electrons. The predicted octanol–water partition coefficient (Wildman–Crippen LogP) is 6.13. The Morgan fingerprint density at radius 1 is 1.10 bits per heavy atom. The number of methoxy groups -OCH3 is 1. The van der Waals surface area contributed by atoms with Crippen molar-refractivity contribution in [3.8, 4) is 11.5 Å². The van der Waals surface area contributed by atoms with E-state index in [1.54, 1.807) is 50.2 Å². The molecule has 7 nitrogen and oxygen atoms in total. The number of hydrogen-bond acceptors (Lipinski definition) is 6. The second kappa shape index (κ2) is 11.7. The number of rotatable bonds is 9. The molecular formula is C28H33F4N3O4. The van der Waals surface area contributed by atoms with Gasteiger partial charge in [0.05, 0.1) is 30.9 Å². The molecule has 2 aliphatic heterocycles. The third-order valence-electron chi connectivity index (χ3n) is 7.08. The van der Waals surface area contributed by atoms with Crippen LogP contribution < -0.4 is 19.4 Å². The van der Waals surface area contributed by atoms with Crippen LogP contribution in [0.1, 0.15) is 39.5 Å². The summed E-state index contributed by atoms with van der Waals surface area (Å²) in [7, 11) is 1.53. The zero-order valence-electron chi connectivity index (χ0n) is 22.1. The largest absolute Gasteiger partial charge is 0.497 e. The molecule has 0 bridgehead atoms. The topological polar surface area (TPSA) is 74.6 Å². The van der Waals surface area contributed by atoms with Crippen LogP contribution in [-0.4, -0.2) is 55.3 Å². The van der Waals surface area contributed by atoms with Crippen LogP contribution in [0.4, 0.5) is 28.9 Å². The van der Waals surface area contributed by atoms with Crippen LogP contribution in [0.5, 0.6) is 11.5 Å². The van der Waals surface area contributed by atoms with E-state index in [2.05, 4.69) is 5.10 Å². The van der Waals surface area contributed by atoms with E-state index in [1.807, 2.05) is 4.90 Å². The summed E-state index contributed by atoms with van der Waals surface area (Å²) < 4.78 is 67.1. The molecule has 1 saturated heterocycles. The highest BCUT2D eigenvalue weighted by Crippen LogP contribution is 2.40. The molecule has 0 spiro atoms. The van der Waals surface area contributed by atoms with Gasteiger partial charge in [-0.05, 0) is 48.7 Å². The minimum atomic E-state index is -4.66. The zero-order chi connectivity index (χ0) is 28.3. The van der Waals surface area contributed by atoms with E-state index >= 15 is 0 Å². The standard InChI is InChI=1S/C28H33F4N3O4/c1-17(2)14-22-24(16-26(36)37)35(33-27(22)28(30,31)32)18-4-6-19(7-5-18)39-20-10-12-34(13-11-20)25-15-21(38-3)8-9-23(25)29/h4-9,15,17,20,22,24H,10-14,16H2,1-3H3,(H,36,37)/t22-,24-/m0/s1. The normalized spacial score (nSPS) is 20.4. The maximum atomic E-state index is 14.3. The number of benzene rings is 2. The highest BCUT2D eigenvalue weighted by atomic mass is 19.4. The van der Waals surface area contributed by atoms with Gasteiger partial charge in [-0.15, -0.1) is 0 Å². The van der Waals surface area contributed by atoms with Gasteiger partial charge in [-0.2, -0.15) is 18.3 Å². The molecule has 39 heavy (non-hydrogen) atoms. The number of hydrazone groups is 1. The number of halogens is 4. The third kappa shape index (κ3) is 6.75. The number of carbonyl (C=O) groups is 1. The quantitative estimate of drug-likeness (QED) is 0.378. The monoisotopic (exact) mass is 551 g/mol. The fourth-order valence-corrected chi connectivity index (χ4v) is 5.26. The molecule has 0 aliphatic carbocycles. The Kier molecular flexibility index (Phi) is 8.56. The molecule has 2 aromatic carbocycles. The van der Waals surface area contributed by atoms with Crippen molar-refractivity contribution in [2.24, 2.45) is 16.9 Å². The lowest BCUT2D eigenvalue weighted by molar-refractivity contribution is -0.137. The molecule has 2 aliphatic rings. The van der Waals surface area contributed by atoms with Gasteiger partial charge < -0.3 is 19.5 Å². The van der Waals surface area contributed by atoms with E-state index in [0.29, 0.717) is 48.8 Å². The van der Waals surface area contributed by atoms with Gasteiger partial charge in [-0.1, -0.05) is 13.8 Å². The van der Waals surface area contributed by atoms with Crippen molar-refractivity contribution < 1.29 is 36.9 Å². The molecule has 2 atom stereocenters. The van der Waals surface area contributed by atoms with E-state index in [0.717, 1.165) is 0 Å². The van der Waals surface area contributed by atoms with Gasteiger partial charge in [0.25, 0.3) is 0 Å². The Balaban J connectivity index is 1.44.